The molecular formula is C19H20N2O3. The lowest BCUT2D eigenvalue weighted by atomic mass is 9.90. The molecule has 3 rings (SSSR count). The number of carboxylic acid groups (broad SMARTS) is 1. The molecular weight excluding hydrogens is 304 g/mol. The van der Waals surface area contributed by atoms with E-state index in [9.17, 15) is 9.90 Å². The highest BCUT2D eigenvalue weighted by molar-refractivity contribution is 6.02. The number of rotatable bonds is 5. The van der Waals surface area contributed by atoms with Gasteiger partial charge in [0.05, 0.1) is 25.4 Å². The van der Waals surface area contributed by atoms with Gasteiger partial charge in [-0.15, -0.1) is 0 Å². The number of ether oxygens (including phenoxy) is 1. The summed E-state index contributed by atoms with van der Waals surface area (Å²) in [7, 11) is 1.60. The lowest BCUT2D eigenvalue weighted by Gasteiger charge is -2.28. The predicted molar refractivity (Wildman–Crippen MR) is 92.0 cm³/mol. The van der Waals surface area contributed by atoms with Gasteiger partial charge in [0.15, 0.2) is 0 Å². The molecule has 0 fully saturated rings. The van der Waals surface area contributed by atoms with Crippen LogP contribution in [0.1, 0.15) is 24.1 Å². The smallest absolute Gasteiger partial charge is 0.314 e. The molecule has 0 radical (unpaired) electrons. The Morgan fingerprint density at radius 2 is 1.83 bits per heavy atom. The molecule has 0 aromatic heterocycles. The summed E-state index contributed by atoms with van der Waals surface area (Å²) >= 11 is 0. The molecule has 124 valence electrons. The SMILES string of the molecule is COc1ccccc1C1C(C(=O)O)C(C)=NN1Cc1ccccc1. The summed E-state index contributed by atoms with van der Waals surface area (Å²) < 4.78 is 5.45. The number of hydrogen-bond acceptors (Lipinski definition) is 4. The second-order valence-electron chi connectivity index (χ2n) is 5.83. The van der Waals surface area contributed by atoms with Gasteiger partial charge in [0.1, 0.15) is 11.7 Å². The Morgan fingerprint density at radius 3 is 2.50 bits per heavy atom. The molecule has 2 aromatic rings. The molecule has 0 bridgehead atoms. The molecule has 1 heterocycles. The molecule has 0 saturated carbocycles. The van der Waals surface area contributed by atoms with Crippen molar-refractivity contribution in [2.45, 2.75) is 19.5 Å². The van der Waals surface area contributed by atoms with Crippen LogP contribution in [-0.4, -0.2) is 28.9 Å². The lowest BCUT2D eigenvalue weighted by molar-refractivity contribution is -0.140. The van der Waals surface area contributed by atoms with Crippen molar-refractivity contribution in [1.82, 2.24) is 5.01 Å². The van der Waals surface area contributed by atoms with Crippen molar-refractivity contribution in [2.24, 2.45) is 11.0 Å². The zero-order chi connectivity index (χ0) is 17.1. The van der Waals surface area contributed by atoms with Gasteiger partial charge in [0.2, 0.25) is 0 Å². The van der Waals surface area contributed by atoms with Gasteiger partial charge < -0.3 is 9.84 Å². The summed E-state index contributed by atoms with van der Waals surface area (Å²) in [6.45, 7) is 2.32. The average Bonchev–Trinajstić information content (AvgIpc) is 2.91. The minimum Gasteiger partial charge on any atom is -0.496 e. The van der Waals surface area contributed by atoms with Crippen molar-refractivity contribution in [1.29, 1.82) is 0 Å². The Labute approximate surface area is 141 Å². The normalized spacial score (nSPS) is 19.9. The van der Waals surface area contributed by atoms with E-state index in [4.69, 9.17) is 4.74 Å². The number of carbonyl (C=O) groups is 1. The van der Waals surface area contributed by atoms with Gasteiger partial charge >= 0.3 is 5.97 Å². The fraction of sp³-hybridized carbons (Fsp3) is 0.263. The number of aliphatic carboxylic acids is 1. The quantitative estimate of drug-likeness (QED) is 0.916. The fourth-order valence-corrected chi connectivity index (χ4v) is 3.20. The molecule has 0 amide bonds. The van der Waals surface area contributed by atoms with Crippen molar-refractivity contribution in [2.75, 3.05) is 7.11 Å². The van der Waals surface area contributed by atoms with Gasteiger partial charge in [-0.05, 0) is 18.6 Å². The summed E-state index contributed by atoms with van der Waals surface area (Å²) in [4.78, 5) is 11.8. The Morgan fingerprint density at radius 1 is 1.17 bits per heavy atom. The molecule has 24 heavy (non-hydrogen) atoms. The molecule has 0 aliphatic carbocycles. The molecule has 0 spiro atoms. The summed E-state index contributed by atoms with van der Waals surface area (Å²) in [5.41, 5.74) is 2.53. The van der Waals surface area contributed by atoms with Crippen LogP contribution < -0.4 is 4.74 Å². The third-order valence-electron chi connectivity index (χ3n) is 4.28. The van der Waals surface area contributed by atoms with E-state index < -0.39 is 11.9 Å². The van der Waals surface area contributed by atoms with E-state index in [0.717, 1.165) is 11.1 Å². The Hall–Kier alpha value is -2.82. The van der Waals surface area contributed by atoms with E-state index >= 15 is 0 Å². The van der Waals surface area contributed by atoms with Crippen LogP contribution in [0.2, 0.25) is 0 Å². The maximum Gasteiger partial charge on any atom is 0.314 e. The Bertz CT molecular complexity index is 758. The zero-order valence-corrected chi connectivity index (χ0v) is 13.7. The molecule has 1 aliphatic heterocycles. The second kappa shape index (κ2) is 6.74. The van der Waals surface area contributed by atoms with Crippen molar-refractivity contribution < 1.29 is 14.6 Å². The standard InChI is InChI=1S/C19H20N2O3/c1-13-17(19(22)23)18(15-10-6-7-11-16(15)24-2)21(20-13)12-14-8-4-3-5-9-14/h3-11,17-18H,12H2,1-2H3,(H,22,23). The topological polar surface area (TPSA) is 62.1 Å². The highest BCUT2D eigenvalue weighted by Crippen LogP contribution is 2.40. The summed E-state index contributed by atoms with van der Waals surface area (Å²) in [5.74, 6) is -0.885. The van der Waals surface area contributed by atoms with Gasteiger partial charge in [-0.25, -0.2) is 0 Å². The molecule has 2 aromatic carbocycles. The van der Waals surface area contributed by atoms with Crippen molar-refractivity contribution in [3.05, 3.63) is 65.7 Å². The van der Waals surface area contributed by atoms with Crippen LogP contribution in [0.4, 0.5) is 0 Å². The summed E-state index contributed by atoms with van der Waals surface area (Å²) in [6, 6.07) is 17.1. The second-order valence-corrected chi connectivity index (χ2v) is 5.83. The van der Waals surface area contributed by atoms with Crippen LogP contribution in [0.25, 0.3) is 0 Å². The highest BCUT2D eigenvalue weighted by Gasteiger charge is 2.42. The predicted octanol–water partition coefficient (Wildman–Crippen LogP) is 3.33. The average molecular weight is 324 g/mol. The zero-order valence-electron chi connectivity index (χ0n) is 13.7. The molecule has 2 unspecified atom stereocenters. The van der Waals surface area contributed by atoms with Gasteiger partial charge in [-0.3, -0.25) is 9.80 Å². The van der Waals surface area contributed by atoms with Crippen LogP contribution in [0.5, 0.6) is 5.75 Å². The molecule has 2 atom stereocenters. The minimum atomic E-state index is -0.872. The van der Waals surface area contributed by atoms with Crippen LogP contribution >= 0.6 is 0 Å². The monoisotopic (exact) mass is 324 g/mol. The number of nitrogens with zero attached hydrogens (tertiary/aromatic N) is 2. The number of para-hydroxylation sites is 1. The maximum atomic E-state index is 11.8. The van der Waals surface area contributed by atoms with Gasteiger partial charge in [0, 0.05) is 5.56 Å². The van der Waals surface area contributed by atoms with E-state index in [-0.39, 0.29) is 6.04 Å². The first-order valence-corrected chi connectivity index (χ1v) is 7.83. The molecule has 1 aliphatic rings. The lowest BCUT2D eigenvalue weighted by Crippen LogP contribution is -2.30. The Kier molecular flexibility index (Phi) is 4.51. The van der Waals surface area contributed by atoms with Gasteiger partial charge in [-0.1, -0.05) is 48.5 Å². The van der Waals surface area contributed by atoms with Crippen molar-refractivity contribution in [3.63, 3.8) is 0 Å². The molecule has 5 heteroatoms. The summed E-state index contributed by atoms with van der Waals surface area (Å²) in [6.07, 6.45) is 0. The van der Waals surface area contributed by atoms with Crippen LogP contribution in [0.3, 0.4) is 0 Å². The van der Waals surface area contributed by atoms with Crippen LogP contribution in [-0.2, 0) is 11.3 Å². The fourth-order valence-electron chi connectivity index (χ4n) is 3.20. The number of benzene rings is 2. The first-order valence-electron chi connectivity index (χ1n) is 7.83. The highest BCUT2D eigenvalue weighted by atomic mass is 16.5. The van der Waals surface area contributed by atoms with Gasteiger partial charge in [0.25, 0.3) is 0 Å². The van der Waals surface area contributed by atoms with Crippen LogP contribution in [0, 0.1) is 5.92 Å². The number of carboxylic acids is 1. The Balaban J connectivity index is 2.01. The third-order valence-corrected chi connectivity index (χ3v) is 4.28. The largest absolute Gasteiger partial charge is 0.496 e. The minimum absolute atomic E-state index is 0.390. The van der Waals surface area contributed by atoms with E-state index in [1.54, 1.807) is 14.0 Å². The van der Waals surface area contributed by atoms with Crippen molar-refractivity contribution >= 4 is 11.7 Å². The van der Waals surface area contributed by atoms with Gasteiger partial charge in [-0.2, -0.15) is 5.10 Å². The molecule has 5 nitrogen and oxygen atoms in total. The maximum absolute atomic E-state index is 11.8. The first kappa shape index (κ1) is 16.1. The first-order chi connectivity index (χ1) is 11.6. The number of methoxy groups -OCH3 is 1. The van der Waals surface area contributed by atoms with Crippen molar-refractivity contribution in [3.8, 4) is 5.75 Å². The molecule has 0 saturated heterocycles. The van der Waals surface area contributed by atoms with Crippen LogP contribution in [0.15, 0.2) is 59.7 Å². The third kappa shape index (κ3) is 2.97. The van der Waals surface area contributed by atoms with E-state index in [2.05, 4.69) is 5.10 Å². The summed E-state index contributed by atoms with van der Waals surface area (Å²) in [5, 5.41) is 16.1. The van der Waals surface area contributed by atoms with E-state index in [0.29, 0.717) is 18.0 Å². The number of hydrazone groups is 1. The molecule has 1 N–H and O–H groups in total. The van der Waals surface area contributed by atoms with E-state index in [1.165, 1.54) is 0 Å². The number of hydrogen-bond donors (Lipinski definition) is 1. The van der Waals surface area contributed by atoms with E-state index in [1.807, 2.05) is 59.6 Å².